The van der Waals surface area contributed by atoms with Crippen molar-refractivity contribution in [1.82, 2.24) is 14.7 Å². The molecule has 1 aromatic rings. The van der Waals surface area contributed by atoms with E-state index in [1.54, 1.807) is 6.20 Å². The van der Waals surface area contributed by atoms with Crippen molar-refractivity contribution in [2.75, 3.05) is 25.4 Å². The van der Waals surface area contributed by atoms with Crippen LogP contribution in [0.3, 0.4) is 0 Å². The number of thiocyanates is 1. The van der Waals surface area contributed by atoms with Crippen molar-refractivity contribution in [1.29, 1.82) is 5.26 Å². The molecule has 6 heteroatoms. The Labute approximate surface area is 106 Å². The molecule has 0 bridgehead atoms. The highest BCUT2D eigenvalue weighted by Gasteiger charge is 2.22. The van der Waals surface area contributed by atoms with Crippen LogP contribution in [-0.4, -0.2) is 34.3 Å². The lowest BCUT2D eigenvalue weighted by Crippen LogP contribution is -2.34. The fourth-order valence-corrected chi connectivity index (χ4v) is 2.65. The third kappa shape index (κ3) is 2.56. The van der Waals surface area contributed by atoms with E-state index < -0.39 is 0 Å². The summed E-state index contributed by atoms with van der Waals surface area (Å²) in [6.07, 6.45) is 3.85. The minimum absolute atomic E-state index is 0.380. The summed E-state index contributed by atoms with van der Waals surface area (Å²) in [6.45, 7) is 5.49. The number of piperidine rings is 1. The number of thioether (sulfide) groups is 1. The standard InChI is InChI=1S/C11H17N5S/c1-2-15-5-3-9(4-6-15)16-11(13)10(7-14-16)17-8-12/h7,9H,2-6,13H2,1H3. The molecule has 0 atom stereocenters. The summed E-state index contributed by atoms with van der Waals surface area (Å²) >= 11 is 1.08. The van der Waals surface area contributed by atoms with Crippen LogP contribution >= 0.6 is 11.8 Å². The van der Waals surface area contributed by atoms with E-state index in [0.29, 0.717) is 11.9 Å². The van der Waals surface area contributed by atoms with Gasteiger partial charge < -0.3 is 10.6 Å². The average Bonchev–Trinajstić information content (AvgIpc) is 2.72. The smallest absolute Gasteiger partial charge is 0.138 e. The van der Waals surface area contributed by atoms with Crippen LogP contribution in [0.1, 0.15) is 25.8 Å². The molecule has 1 aliphatic rings. The summed E-state index contributed by atoms with van der Waals surface area (Å²) < 4.78 is 1.88. The van der Waals surface area contributed by atoms with Gasteiger partial charge in [-0.2, -0.15) is 10.4 Å². The number of nitrogens with two attached hydrogens (primary N) is 1. The number of nitrogen functional groups attached to an aromatic ring is 1. The van der Waals surface area contributed by atoms with Crippen LogP contribution in [0.25, 0.3) is 0 Å². The second-order valence-electron chi connectivity index (χ2n) is 4.20. The molecule has 1 saturated heterocycles. The van der Waals surface area contributed by atoms with Crippen LogP contribution in [0.4, 0.5) is 5.82 Å². The molecular formula is C11H17N5S. The molecule has 92 valence electrons. The number of nitrogens with zero attached hydrogens (tertiary/aromatic N) is 4. The van der Waals surface area contributed by atoms with Gasteiger partial charge in [-0.3, -0.25) is 0 Å². The van der Waals surface area contributed by atoms with Crippen molar-refractivity contribution in [3.8, 4) is 5.40 Å². The predicted octanol–water partition coefficient (Wildman–Crippen LogP) is 1.70. The molecule has 2 N–H and O–H groups in total. The van der Waals surface area contributed by atoms with Gasteiger partial charge in [0, 0.05) is 13.1 Å². The lowest BCUT2D eigenvalue weighted by Gasteiger charge is -2.31. The first kappa shape index (κ1) is 12.3. The zero-order valence-corrected chi connectivity index (χ0v) is 10.8. The number of likely N-dealkylation sites (tertiary alicyclic amines) is 1. The number of nitriles is 1. The van der Waals surface area contributed by atoms with E-state index in [1.807, 2.05) is 10.1 Å². The van der Waals surface area contributed by atoms with Crippen molar-refractivity contribution in [2.24, 2.45) is 0 Å². The zero-order valence-electron chi connectivity index (χ0n) is 9.96. The molecule has 1 aromatic heterocycles. The second-order valence-corrected chi connectivity index (χ2v) is 5.02. The first-order chi connectivity index (χ1) is 8.26. The maximum Gasteiger partial charge on any atom is 0.138 e. The van der Waals surface area contributed by atoms with E-state index in [0.717, 1.165) is 49.1 Å². The van der Waals surface area contributed by atoms with Gasteiger partial charge in [-0.05, 0) is 31.1 Å². The Balaban J connectivity index is 2.06. The molecule has 0 unspecified atom stereocenters. The first-order valence-electron chi connectivity index (χ1n) is 5.87. The molecule has 2 rings (SSSR count). The third-order valence-electron chi connectivity index (χ3n) is 3.30. The third-order valence-corrected chi connectivity index (χ3v) is 3.93. The van der Waals surface area contributed by atoms with Crippen molar-refractivity contribution >= 4 is 17.6 Å². The van der Waals surface area contributed by atoms with Gasteiger partial charge in [-0.15, -0.1) is 0 Å². The van der Waals surface area contributed by atoms with E-state index in [-0.39, 0.29) is 0 Å². The maximum absolute atomic E-state index is 8.64. The van der Waals surface area contributed by atoms with Crippen molar-refractivity contribution in [3.05, 3.63) is 6.20 Å². The lowest BCUT2D eigenvalue weighted by molar-refractivity contribution is 0.189. The lowest BCUT2D eigenvalue weighted by atomic mass is 10.1. The SMILES string of the molecule is CCN1CCC(n2ncc(SC#N)c2N)CC1. The minimum atomic E-state index is 0.380. The van der Waals surface area contributed by atoms with Crippen molar-refractivity contribution in [3.63, 3.8) is 0 Å². The Morgan fingerprint density at radius 1 is 1.59 bits per heavy atom. The molecule has 0 spiro atoms. The molecular weight excluding hydrogens is 234 g/mol. The molecule has 17 heavy (non-hydrogen) atoms. The number of hydrogen-bond donors (Lipinski definition) is 1. The van der Waals surface area contributed by atoms with Gasteiger partial charge in [0.05, 0.1) is 17.1 Å². The van der Waals surface area contributed by atoms with Crippen molar-refractivity contribution in [2.45, 2.75) is 30.7 Å². The summed E-state index contributed by atoms with van der Waals surface area (Å²) in [5.41, 5.74) is 6.00. The van der Waals surface area contributed by atoms with Crippen LogP contribution in [0.15, 0.2) is 11.1 Å². The molecule has 1 fully saturated rings. The minimum Gasteiger partial charge on any atom is -0.383 e. The summed E-state index contributed by atoms with van der Waals surface area (Å²) in [6, 6.07) is 0.380. The highest BCUT2D eigenvalue weighted by Crippen LogP contribution is 2.30. The molecule has 1 aliphatic heterocycles. The van der Waals surface area contributed by atoms with Gasteiger partial charge in [-0.25, -0.2) is 4.68 Å². The number of anilines is 1. The summed E-state index contributed by atoms with van der Waals surface area (Å²) in [7, 11) is 0. The van der Waals surface area contributed by atoms with E-state index in [9.17, 15) is 0 Å². The molecule has 5 nitrogen and oxygen atoms in total. The van der Waals surface area contributed by atoms with E-state index in [1.165, 1.54) is 0 Å². The fourth-order valence-electron chi connectivity index (χ4n) is 2.25. The Bertz CT molecular complexity index is 414. The van der Waals surface area contributed by atoms with Gasteiger partial charge in [0.1, 0.15) is 11.2 Å². The molecule has 0 amide bonds. The largest absolute Gasteiger partial charge is 0.383 e. The second kappa shape index (κ2) is 5.43. The predicted molar refractivity (Wildman–Crippen MR) is 68.5 cm³/mol. The monoisotopic (exact) mass is 251 g/mol. The zero-order chi connectivity index (χ0) is 12.3. The molecule has 2 heterocycles. The van der Waals surface area contributed by atoms with Crippen LogP contribution < -0.4 is 5.73 Å². The Kier molecular flexibility index (Phi) is 3.92. The Morgan fingerprint density at radius 3 is 2.88 bits per heavy atom. The van der Waals surface area contributed by atoms with Crippen molar-refractivity contribution < 1.29 is 0 Å². The summed E-state index contributed by atoms with van der Waals surface area (Å²) in [5.74, 6) is 0.631. The first-order valence-corrected chi connectivity index (χ1v) is 6.69. The molecule has 0 aromatic carbocycles. The van der Waals surface area contributed by atoms with Crippen LogP contribution in [0.5, 0.6) is 0 Å². The van der Waals surface area contributed by atoms with Crippen LogP contribution in [0.2, 0.25) is 0 Å². The number of rotatable bonds is 3. The van der Waals surface area contributed by atoms with E-state index in [2.05, 4.69) is 16.9 Å². The summed E-state index contributed by atoms with van der Waals surface area (Å²) in [5, 5.41) is 15.0. The topological polar surface area (TPSA) is 70.9 Å². The van der Waals surface area contributed by atoms with Gasteiger partial charge >= 0.3 is 0 Å². The van der Waals surface area contributed by atoms with E-state index in [4.69, 9.17) is 11.0 Å². The maximum atomic E-state index is 8.64. The van der Waals surface area contributed by atoms with Gasteiger partial charge in [0.25, 0.3) is 0 Å². The fraction of sp³-hybridized carbons (Fsp3) is 0.636. The van der Waals surface area contributed by atoms with E-state index >= 15 is 0 Å². The number of hydrogen-bond acceptors (Lipinski definition) is 5. The highest BCUT2D eigenvalue weighted by atomic mass is 32.2. The Morgan fingerprint density at radius 2 is 2.29 bits per heavy atom. The number of aromatic nitrogens is 2. The van der Waals surface area contributed by atoms with Gasteiger partial charge in [0.15, 0.2) is 0 Å². The van der Waals surface area contributed by atoms with Crippen LogP contribution in [0, 0.1) is 10.7 Å². The molecule has 0 saturated carbocycles. The van der Waals surface area contributed by atoms with Crippen LogP contribution in [-0.2, 0) is 0 Å². The highest BCUT2D eigenvalue weighted by molar-refractivity contribution is 8.03. The van der Waals surface area contributed by atoms with Gasteiger partial charge in [0.2, 0.25) is 0 Å². The normalized spacial score (nSPS) is 18.1. The quantitative estimate of drug-likeness (QED) is 0.654. The molecule has 0 aliphatic carbocycles. The average molecular weight is 251 g/mol. The Hall–Kier alpha value is -1.19. The molecule has 0 radical (unpaired) electrons. The van der Waals surface area contributed by atoms with Gasteiger partial charge in [-0.1, -0.05) is 6.92 Å². The summed E-state index contributed by atoms with van der Waals surface area (Å²) in [4.78, 5) is 3.20.